The number of nitrogens with zero attached hydrogens (tertiary/aromatic N) is 7. The zero-order chi connectivity index (χ0) is 19.7. The maximum Gasteiger partial charge on any atom is 0.209 e. The highest BCUT2D eigenvalue weighted by Crippen LogP contribution is 2.34. The van der Waals surface area contributed by atoms with Gasteiger partial charge in [-0.2, -0.15) is 15.2 Å². The first-order valence-electron chi connectivity index (χ1n) is 8.02. The van der Waals surface area contributed by atoms with Crippen LogP contribution in [0.5, 0.6) is 0 Å². The summed E-state index contributed by atoms with van der Waals surface area (Å²) in [7, 11) is 0. The van der Waals surface area contributed by atoms with Crippen LogP contribution in [0.1, 0.15) is 11.1 Å². The van der Waals surface area contributed by atoms with Crippen LogP contribution < -0.4 is 0 Å². The van der Waals surface area contributed by atoms with Crippen LogP contribution >= 0.6 is 39.1 Å². The fourth-order valence-corrected chi connectivity index (χ4v) is 3.70. The molecule has 4 rings (SSSR count). The SMILES string of the molecule is N#Cc1ccc(Cn2nnc(-c3cnn(-c4c(Cl)cccc4Cl)c3Br)n2)cc1. The van der Waals surface area contributed by atoms with Gasteiger partial charge in [0.05, 0.1) is 40.0 Å². The quantitative estimate of drug-likeness (QED) is 0.434. The molecule has 0 bridgehead atoms. The van der Waals surface area contributed by atoms with Gasteiger partial charge in [0.25, 0.3) is 0 Å². The van der Waals surface area contributed by atoms with Gasteiger partial charge in [-0.05, 0) is 51.0 Å². The summed E-state index contributed by atoms with van der Waals surface area (Å²) < 4.78 is 2.20. The Morgan fingerprint density at radius 1 is 1.07 bits per heavy atom. The van der Waals surface area contributed by atoms with Crippen LogP contribution in [0, 0.1) is 11.3 Å². The highest BCUT2D eigenvalue weighted by molar-refractivity contribution is 9.10. The molecule has 0 aliphatic heterocycles. The van der Waals surface area contributed by atoms with E-state index in [1.807, 2.05) is 12.1 Å². The van der Waals surface area contributed by atoms with Crippen molar-refractivity contribution in [3.8, 4) is 23.1 Å². The van der Waals surface area contributed by atoms with Crippen LogP contribution in [-0.4, -0.2) is 30.0 Å². The summed E-state index contributed by atoms with van der Waals surface area (Å²) in [5.74, 6) is 0.412. The molecular formula is C18H10BrCl2N7. The molecule has 4 aromatic rings. The van der Waals surface area contributed by atoms with E-state index in [0.717, 1.165) is 5.56 Å². The number of hydrogen-bond acceptors (Lipinski definition) is 5. The highest BCUT2D eigenvalue weighted by atomic mass is 79.9. The molecule has 0 unspecified atom stereocenters. The summed E-state index contributed by atoms with van der Waals surface area (Å²) >= 11 is 16.1. The first kappa shape index (κ1) is 18.6. The summed E-state index contributed by atoms with van der Waals surface area (Å²) in [6, 6.07) is 14.5. The number of nitriles is 1. The maximum atomic E-state index is 8.87. The van der Waals surface area contributed by atoms with Gasteiger partial charge in [-0.15, -0.1) is 10.2 Å². The van der Waals surface area contributed by atoms with Crippen molar-refractivity contribution in [2.75, 3.05) is 0 Å². The van der Waals surface area contributed by atoms with Crippen LogP contribution in [0.15, 0.2) is 53.3 Å². The van der Waals surface area contributed by atoms with E-state index in [9.17, 15) is 0 Å². The molecule has 138 valence electrons. The minimum Gasteiger partial charge on any atom is -0.223 e. The van der Waals surface area contributed by atoms with Crippen molar-refractivity contribution in [1.82, 2.24) is 30.0 Å². The first-order valence-corrected chi connectivity index (χ1v) is 9.57. The van der Waals surface area contributed by atoms with E-state index in [1.54, 1.807) is 41.2 Å². The van der Waals surface area contributed by atoms with Crippen LogP contribution in [0.4, 0.5) is 0 Å². The number of rotatable bonds is 4. The lowest BCUT2D eigenvalue weighted by molar-refractivity contribution is 0.573. The third-order valence-corrected chi connectivity index (χ3v) is 5.33. The molecule has 0 amide bonds. The number of tetrazole rings is 1. The zero-order valence-electron chi connectivity index (χ0n) is 14.1. The molecule has 0 aliphatic carbocycles. The summed E-state index contributed by atoms with van der Waals surface area (Å²) in [5.41, 5.74) is 2.78. The molecule has 28 heavy (non-hydrogen) atoms. The topological polar surface area (TPSA) is 85.2 Å². The molecule has 0 N–H and O–H groups in total. The van der Waals surface area contributed by atoms with E-state index in [0.29, 0.717) is 43.8 Å². The second kappa shape index (κ2) is 7.72. The molecule has 0 aliphatic rings. The Hall–Kier alpha value is -2.73. The average molecular weight is 475 g/mol. The van der Waals surface area contributed by atoms with E-state index < -0.39 is 0 Å². The van der Waals surface area contributed by atoms with Gasteiger partial charge in [0.2, 0.25) is 5.82 Å². The second-order valence-corrected chi connectivity index (χ2v) is 7.35. The molecule has 2 aromatic heterocycles. The average Bonchev–Trinajstić information content (AvgIpc) is 3.29. The molecule has 0 spiro atoms. The summed E-state index contributed by atoms with van der Waals surface area (Å²) in [5, 5.41) is 26.8. The van der Waals surface area contributed by atoms with Crippen LogP contribution in [0.25, 0.3) is 17.1 Å². The predicted octanol–water partition coefficient (Wildman–Crippen LogP) is 4.52. The van der Waals surface area contributed by atoms with E-state index in [2.05, 4.69) is 42.5 Å². The first-order chi connectivity index (χ1) is 13.6. The molecule has 2 aromatic carbocycles. The van der Waals surface area contributed by atoms with Crippen molar-refractivity contribution in [3.05, 3.63) is 74.4 Å². The third kappa shape index (κ3) is 3.52. The van der Waals surface area contributed by atoms with Crippen LogP contribution in [0.2, 0.25) is 10.0 Å². The highest BCUT2D eigenvalue weighted by Gasteiger charge is 2.19. The van der Waals surface area contributed by atoms with Crippen molar-refractivity contribution in [2.45, 2.75) is 6.54 Å². The van der Waals surface area contributed by atoms with Crippen molar-refractivity contribution in [2.24, 2.45) is 0 Å². The van der Waals surface area contributed by atoms with Crippen molar-refractivity contribution in [3.63, 3.8) is 0 Å². The van der Waals surface area contributed by atoms with E-state index in [4.69, 9.17) is 28.5 Å². The van der Waals surface area contributed by atoms with Crippen molar-refractivity contribution in [1.29, 1.82) is 5.26 Å². The van der Waals surface area contributed by atoms with Gasteiger partial charge >= 0.3 is 0 Å². The lowest BCUT2D eigenvalue weighted by atomic mass is 10.1. The molecule has 0 saturated carbocycles. The standard InChI is InChI=1S/C18H10BrCl2N7/c19-17-13(9-23-28(17)16-14(20)2-1-3-15(16)21)18-24-26-27(25-18)10-12-6-4-11(8-22)5-7-12/h1-7,9H,10H2. The number of aromatic nitrogens is 6. The van der Waals surface area contributed by atoms with Gasteiger partial charge in [-0.1, -0.05) is 41.4 Å². The molecule has 0 atom stereocenters. The summed E-state index contributed by atoms with van der Waals surface area (Å²) in [6.07, 6.45) is 1.62. The smallest absolute Gasteiger partial charge is 0.209 e. The molecule has 0 fully saturated rings. The second-order valence-electron chi connectivity index (χ2n) is 5.78. The van der Waals surface area contributed by atoms with Gasteiger partial charge in [0, 0.05) is 0 Å². The lowest BCUT2D eigenvalue weighted by Crippen LogP contribution is -2.04. The van der Waals surface area contributed by atoms with Gasteiger partial charge in [-0.25, -0.2) is 4.68 Å². The molecule has 2 heterocycles. The number of benzene rings is 2. The molecule has 0 radical (unpaired) electrons. The van der Waals surface area contributed by atoms with Crippen LogP contribution in [0.3, 0.4) is 0 Å². The summed E-state index contributed by atoms with van der Waals surface area (Å²) in [6.45, 7) is 0.431. The van der Waals surface area contributed by atoms with E-state index in [-0.39, 0.29) is 0 Å². The number of halogens is 3. The third-order valence-electron chi connectivity index (χ3n) is 3.96. The predicted molar refractivity (Wildman–Crippen MR) is 108 cm³/mol. The van der Waals surface area contributed by atoms with Gasteiger partial charge in [0.1, 0.15) is 10.3 Å². The normalized spacial score (nSPS) is 10.8. The lowest BCUT2D eigenvalue weighted by Gasteiger charge is -2.08. The molecular weight excluding hydrogens is 465 g/mol. The Kier molecular flexibility index (Phi) is 5.13. The van der Waals surface area contributed by atoms with Gasteiger partial charge < -0.3 is 0 Å². The van der Waals surface area contributed by atoms with Gasteiger partial charge in [-0.3, -0.25) is 0 Å². The van der Waals surface area contributed by atoms with Crippen molar-refractivity contribution < 1.29 is 0 Å². The summed E-state index contributed by atoms with van der Waals surface area (Å²) in [4.78, 5) is 1.48. The number of hydrogen-bond donors (Lipinski definition) is 0. The minimum absolute atomic E-state index is 0.412. The van der Waals surface area contributed by atoms with Gasteiger partial charge in [0.15, 0.2) is 0 Å². The van der Waals surface area contributed by atoms with E-state index >= 15 is 0 Å². The molecule has 0 saturated heterocycles. The fraction of sp³-hybridized carbons (Fsp3) is 0.0556. The Labute approximate surface area is 178 Å². The molecule has 10 heteroatoms. The van der Waals surface area contributed by atoms with E-state index in [1.165, 1.54) is 4.80 Å². The number of para-hydroxylation sites is 1. The largest absolute Gasteiger partial charge is 0.223 e. The zero-order valence-corrected chi connectivity index (χ0v) is 17.2. The minimum atomic E-state index is 0.412. The van der Waals surface area contributed by atoms with Crippen molar-refractivity contribution >= 4 is 39.1 Å². The Balaban J connectivity index is 1.63. The van der Waals surface area contributed by atoms with Crippen LogP contribution in [-0.2, 0) is 6.54 Å². The Bertz CT molecular complexity index is 1170. The monoisotopic (exact) mass is 473 g/mol. The Morgan fingerprint density at radius 2 is 1.79 bits per heavy atom. The Morgan fingerprint density at radius 3 is 2.46 bits per heavy atom. The fourth-order valence-electron chi connectivity index (χ4n) is 2.60. The molecule has 7 nitrogen and oxygen atoms in total. The maximum absolute atomic E-state index is 8.87.